The van der Waals surface area contributed by atoms with Gasteiger partial charge in [0.15, 0.2) is 6.10 Å². The van der Waals surface area contributed by atoms with E-state index in [9.17, 15) is 9.59 Å². The average Bonchev–Trinajstić information content (AvgIpc) is 2.35. The molecule has 0 spiro atoms. The highest BCUT2D eigenvalue weighted by molar-refractivity contribution is 5.82. The molecule has 1 aromatic carbocycles. The molecule has 21 heavy (non-hydrogen) atoms. The highest BCUT2D eigenvalue weighted by atomic mass is 16.5. The van der Waals surface area contributed by atoms with Gasteiger partial charge in [0.25, 0.3) is 5.91 Å². The van der Waals surface area contributed by atoms with Crippen LogP contribution < -0.4 is 10.1 Å². The summed E-state index contributed by atoms with van der Waals surface area (Å²) in [4.78, 5) is 23.1. The Morgan fingerprint density at radius 2 is 2.14 bits per heavy atom. The number of hydrogen-bond acceptors (Lipinski definition) is 3. The second kappa shape index (κ2) is 6.16. The Hall–Kier alpha value is -2.04. The SMILES string of the molecule is Cc1cccc(OC(C)C(=O)NC2(CC(=O)O)CCC2)c1. The van der Waals surface area contributed by atoms with E-state index in [-0.39, 0.29) is 12.3 Å². The maximum Gasteiger partial charge on any atom is 0.305 e. The van der Waals surface area contributed by atoms with Crippen LogP contribution in [0, 0.1) is 6.92 Å². The zero-order chi connectivity index (χ0) is 15.5. The summed E-state index contributed by atoms with van der Waals surface area (Å²) in [6, 6.07) is 7.48. The maximum absolute atomic E-state index is 12.2. The topological polar surface area (TPSA) is 75.6 Å². The molecule has 1 atom stereocenters. The summed E-state index contributed by atoms with van der Waals surface area (Å²) in [7, 11) is 0. The minimum absolute atomic E-state index is 0.0318. The lowest BCUT2D eigenvalue weighted by Crippen LogP contribution is -2.57. The normalized spacial score (nSPS) is 17.4. The first-order chi connectivity index (χ1) is 9.90. The van der Waals surface area contributed by atoms with E-state index < -0.39 is 17.6 Å². The van der Waals surface area contributed by atoms with Crippen molar-refractivity contribution in [3.8, 4) is 5.75 Å². The Labute approximate surface area is 124 Å². The van der Waals surface area contributed by atoms with E-state index in [1.54, 1.807) is 13.0 Å². The predicted molar refractivity (Wildman–Crippen MR) is 78.2 cm³/mol. The number of aliphatic carboxylic acids is 1. The van der Waals surface area contributed by atoms with Gasteiger partial charge in [-0.15, -0.1) is 0 Å². The van der Waals surface area contributed by atoms with Crippen LogP contribution in [-0.2, 0) is 9.59 Å². The van der Waals surface area contributed by atoms with Crippen LogP contribution >= 0.6 is 0 Å². The molecule has 1 aromatic rings. The molecule has 0 radical (unpaired) electrons. The lowest BCUT2D eigenvalue weighted by atomic mass is 9.74. The third kappa shape index (κ3) is 3.97. The van der Waals surface area contributed by atoms with Crippen molar-refractivity contribution in [2.45, 2.75) is 51.2 Å². The van der Waals surface area contributed by atoms with Crippen molar-refractivity contribution in [3.63, 3.8) is 0 Å². The summed E-state index contributed by atoms with van der Waals surface area (Å²) in [5, 5.41) is 11.8. The maximum atomic E-state index is 12.2. The van der Waals surface area contributed by atoms with Crippen LogP contribution in [0.3, 0.4) is 0 Å². The van der Waals surface area contributed by atoms with Gasteiger partial charge in [0.05, 0.1) is 12.0 Å². The first-order valence-electron chi connectivity index (χ1n) is 7.17. The second-order valence-corrected chi connectivity index (χ2v) is 5.77. The fraction of sp³-hybridized carbons (Fsp3) is 0.500. The van der Waals surface area contributed by atoms with Gasteiger partial charge in [-0.2, -0.15) is 0 Å². The highest BCUT2D eigenvalue weighted by Crippen LogP contribution is 2.35. The van der Waals surface area contributed by atoms with Gasteiger partial charge in [-0.25, -0.2) is 0 Å². The zero-order valence-electron chi connectivity index (χ0n) is 12.4. The monoisotopic (exact) mass is 291 g/mol. The van der Waals surface area contributed by atoms with Gasteiger partial charge in [0.2, 0.25) is 0 Å². The van der Waals surface area contributed by atoms with Gasteiger partial charge < -0.3 is 15.2 Å². The molecule has 1 aliphatic rings. The molecule has 0 bridgehead atoms. The number of hydrogen-bond donors (Lipinski definition) is 2. The number of benzene rings is 1. The van der Waals surface area contributed by atoms with Gasteiger partial charge in [0.1, 0.15) is 5.75 Å². The molecule has 2 N–H and O–H groups in total. The number of carboxylic acid groups (broad SMARTS) is 1. The highest BCUT2D eigenvalue weighted by Gasteiger charge is 2.41. The predicted octanol–water partition coefficient (Wildman–Crippen LogP) is 2.28. The molecule has 1 fully saturated rings. The van der Waals surface area contributed by atoms with Crippen molar-refractivity contribution < 1.29 is 19.4 Å². The molecule has 1 amide bonds. The number of carboxylic acids is 1. The summed E-state index contributed by atoms with van der Waals surface area (Å²) in [6.07, 6.45) is 1.68. The number of amides is 1. The largest absolute Gasteiger partial charge is 0.481 e. The third-order valence-corrected chi connectivity index (χ3v) is 3.86. The smallest absolute Gasteiger partial charge is 0.305 e. The van der Waals surface area contributed by atoms with Crippen LogP contribution in [0.1, 0.15) is 38.2 Å². The summed E-state index contributed by atoms with van der Waals surface area (Å²) in [6.45, 7) is 3.62. The summed E-state index contributed by atoms with van der Waals surface area (Å²) >= 11 is 0. The third-order valence-electron chi connectivity index (χ3n) is 3.86. The standard InChI is InChI=1S/C16H21NO4/c1-11-5-3-6-13(9-11)21-12(2)15(20)17-16(7-4-8-16)10-14(18)19/h3,5-6,9,12H,4,7-8,10H2,1-2H3,(H,17,20)(H,18,19). The van der Waals surface area contributed by atoms with Crippen molar-refractivity contribution >= 4 is 11.9 Å². The van der Waals surface area contributed by atoms with Gasteiger partial charge in [-0.3, -0.25) is 9.59 Å². The summed E-state index contributed by atoms with van der Waals surface area (Å²) < 4.78 is 5.62. The second-order valence-electron chi connectivity index (χ2n) is 5.77. The molecule has 114 valence electrons. The van der Waals surface area contributed by atoms with Crippen LogP contribution in [0.4, 0.5) is 0 Å². The molecule has 1 unspecified atom stereocenters. The van der Waals surface area contributed by atoms with E-state index in [1.165, 1.54) is 0 Å². The molecule has 1 saturated carbocycles. The van der Waals surface area contributed by atoms with Crippen molar-refractivity contribution in [1.29, 1.82) is 0 Å². The minimum atomic E-state index is -0.887. The lowest BCUT2D eigenvalue weighted by Gasteiger charge is -2.42. The van der Waals surface area contributed by atoms with Crippen molar-refractivity contribution in [2.75, 3.05) is 0 Å². The average molecular weight is 291 g/mol. The number of nitrogens with one attached hydrogen (secondary N) is 1. The van der Waals surface area contributed by atoms with Gasteiger partial charge in [0, 0.05) is 0 Å². The van der Waals surface area contributed by atoms with Gasteiger partial charge in [-0.05, 0) is 50.8 Å². The number of carbonyl (C=O) groups excluding carboxylic acids is 1. The van der Waals surface area contributed by atoms with Crippen LogP contribution in [0.25, 0.3) is 0 Å². The number of carbonyl (C=O) groups is 2. The van der Waals surface area contributed by atoms with E-state index in [4.69, 9.17) is 9.84 Å². The van der Waals surface area contributed by atoms with Gasteiger partial charge >= 0.3 is 5.97 Å². The Balaban J connectivity index is 1.94. The number of aryl methyl sites for hydroxylation is 1. The Morgan fingerprint density at radius 1 is 1.43 bits per heavy atom. The van der Waals surface area contributed by atoms with E-state index in [0.29, 0.717) is 18.6 Å². The molecular weight excluding hydrogens is 270 g/mol. The quantitative estimate of drug-likeness (QED) is 0.843. The van der Waals surface area contributed by atoms with Crippen molar-refractivity contribution in [3.05, 3.63) is 29.8 Å². The van der Waals surface area contributed by atoms with E-state index in [2.05, 4.69) is 5.32 Å². The molecule has 5 heteroatoms. The van der Waals surface area contributed by atoms with E-state index >= 15 is 0 Å². The zero-order valence-corrected chi connectivity index (χ0v) is 12.4. The molecular formula is C16H21NO4. The molecule has 5 nitrogen and oxygen atoms in total. The molecule has 0 heterocycles. The Morgan fingerprint density at radius 3 is 2.67 bits per heavy atom. The first-order valence-corrected chi connectivity index (χ1v) is 7.17. The minimum Gasteiger partial charge on any atom is -0.481 e. The van der Waals surface area contributed by atoms with Crippen LogP contribution in [0.2, 0.25) is 0 Å². The van der Waals surface area contributed by atoms with E-state index in [0.717, 1.165) is 12.0 Å². The number of rotatable bonds is 6. The Bertz CT molecular complexity index is 537. The van der Waals surface area contributed by atoms with Crippen LogP contribution in [0.15, 0.2) is 24.3 Å². The molecule has 2 rings (SSSR count). The first kappa shape index (κ1) is 15.4. The van der Waals surface area contributed by atoms with Crippen LogP contribution in [-0.4, -0.2) is 28.6 Å². The van der Waals surface area contributed by atoms with Gasteiger partial charge in [-0.1, -0.05) is 12.1 Å². The Kier molecular flexibility index (Phi) is 4.50. The summed E-state index contributed by atoms with van der Waals surface area (Å²) in [5.74, 6) is -0.516. The molecule has 0 saturated heterocycles. The lowest BCUT2D eigenvalue weighted by molar-refractivity contribution is -0.141. The summed E-state index contributed by atoms with van der Waals surface area (Å²) in [5.41, 5.74) is 0.467. The molecule has 0 aromatic heterocycles. The van der Waals surface area contributed by atoms with Crippen molar-refractivity contribution in [2.24, 2.45) is 0 Å². The van der Waals surface area contributed by atoms with Crippen molar-refractivity contribution in [1.82, 2.24) is 5.32 Å². The number of ether oxygens (including phenoxy) is 1. The fourth-order valence-electron chi connectivity index (χ4n) is 2.55. The molecule has 0 aliphatic heterocycles. The van der Waals surface area contributed by atoms with E-state index in [1.807, 2.05) is 25.1 Å². The van der Waals surface area contributed by atoms with Crippen LogP contribution in [0.5, 0.6) is 5.75 Å². The fourth-order valence-corrected chi connectivity index (χ4v) is 2.55. The molecule has 1 aliphatic carbocycles.